The molecule has 0 bridgehead atoms. The second kappa shape index (κ2) is 4.71. The Morgan fingerprint density at radius 2 is 1.30 bits per heavy atom. The van der Waals surface area contributed by atoms with Crippen molar-refractivity contribution in [3.63, 3.8) is 0 Å². The van der Waals surface area contributed by atoms with Crippen LogP contribution >= 0.6 is 0 Å². The first kappa shape index (κ1) is 12.8. The summed E-state index contributed by atoms with van der Waals surface area (Å²) < 4.78 is 7.14. The zero-order valence-electron chi connectivity index (χ0n) is 9.78. The Morgan fingerprint density at radius 3 is 1.70 bits per heavy atom. The van der Waals surface area contributed by atoms with Crippen LogP contribution in [0.2, 0.25) is 0 Å². The molecule has 0 aromatic heterocycles. The molecule has 2 aromatic rings. The van der Waals surface area contributed by atoms with E-state index in [2.05, 4.69) is 0 Å². The van der Waals surface area contributed by atoms with Gasteiger partial charge in [0.15, 0.2) is 11.5 Å². The van der Waals surface area contributed by atoms with Crippen LogP contribution in [0.3, 0.4) is 0 Å². The smallest absolute Gasteiger partial charge is 0.366 e. The highest BCUT2D eigenvalue weighted by Gasteiger charge is 2.34. The van der Waals surface area contributed by atoms with Gasteiger partial charge >= 0.3 is 21.2 Å². The van der Waals surface area contributed by atoms with Crippen LogP contribution in [0.15, 0.2) is 36.4 Å². The van der Waals surface area contributed by atoms with Crippen molar-refractivity contribution in [2.45, 2.75) is 0 Å². The largest absolute Gasteiger partial charge is 0.448 e. The molecule has 8 heteroatoms. The Balaban J connectivity index is 2.03. The summed E-state index contributed by atoms with van der Waals surface area (Å²) in [5, 5.41) is 21.5. The molecule has 0 amide bonds. The van der Waals surface area contributed by atoms with E-state index in [1.807, 2.05) is 0 Å². The first-order valence-corrected chi connectivity index (χ1v) is 7.60. The fourth-order valence-corrected chi connectivity index (χ4v) is 4.43. The molecule has 0 atom stereocenters. The SMILES string of the molecule is O=[N+]([O-])c1ccc2c(c1)[I+]c1cc([N+](=O)[O-])ccc1O2. The van der Waals surface area contributed by atoms with Crippen molar-refractivity contribution in [3.8, 4) is 11.5 Å². The molecule has 7 nitrogen and oxygen atoms in total. The number of halogens is 1. The van der Waals surface area contributed by atoms with E-state index in [0.29, 0.717) is 11.5 Å². The van der Waals surface area contributed by atoms with Gasteiger partial charge in [-0.05, 0) is 12.1 Å². The third-order valence-electron chi connectivity index (χ3n) is 2.68. The summed E-state index contributed by atoms with van der Waals surface area (Å²) in [7, 11) is 0. The van der Waals surface area contributed by atoms with Gasteiger partial charge in [-0.25, -0.2) is 0 Å². The number of nitrogens with zero attached hydrogens (tertiary/aromatic N) is 2. The Bertz CT molecular complexity index is 685. The fraction of sp³-hybridized carbons (Fsp3) is 0. The van der Waals surface area contributed by atoms with E-state index < -0.39 is 31.1 Å². The molecule has 0 radical (unpaired) electrons. The van der Waals surface area contributed by atoms with Crippen LogP contribution in [-0.4, -0.2) is 9.85 Å². The maximum atomic E-state index is 10.8. The third kappa shape index (κ3) is 2.18. The van der Waals surface area contributed by atoms with Crippen LogP contribution in [0, 0.1) is 27.4 Å². The fourth-order valence-electron chi connectivity index (χ4n) is 1.75. The summed E-state index contributed by atoms with van der Waals surface area (Å²) in [4.78, 5) is 20.6. The Morgan fingerprint density at radius 1 is 0.850 bits per heavy atom. The Hall–Kier alpha value is -2.23. The van der Waals surface area contributed by atoms with E-state index in [1.165, 1.54) is 24.3 Å². The van der Waals surface area contributed by atoms with Crippen molar-refractivity contribution in [1.82, 2.24) is 0 Å². The van der Waals surface area contributed by atoms with Crippen molar-refractivity contribution in [2.24, 2.45) is 0 Å². The third-order valence-corrected chi connectivity index (χ3v) is 5.52. The molecule has 0 saturated carbocycles. The number of rotatable bonds is 2. The monoisotopic (exact) mass is 385 g/mol. The van der Waals surface area contributed by atoms with Gasteiger partial charge in [0.25, 0.3) is 11.4 Å². The minimum Gasteiger partial charge on any atom is -0.448 e. The summed E-state index contributed by atoms with van der Waals surface area (Å²) in [5.74, 6) is 1.18. The molecule has 0 N–H and O–H groups in total. The first-order chi connectivity index (χ1) is 9.54. The second-order valence-corrected chi connectivity index (χ2v) is 6.80. The minimum absolute atomic E-state index is 0.000862. The molecule has 3 rings (SSSR count). The predicted octanol–water partition coefficient (Wildman–Crippen LogP) is -0.263. The average molecular weight is 385 g/mol. The maximum Gasteiger partial charge on any atom is 0.366 e. The molecule has 1 aliphatic rings. The van der Waals surface area contributed by atoms with Crippen molar-refractivity contribution in [2.75, 3.05) is 0 Å². The van der Waals surface area contributed by atoms with Crippen LogP contribution in [-0.2, 0) is 0 Å². The molecule has 100 valence electrons. The first-order valence-electron chi connectivity index (χ1n) is 5.44. The normalized spacial score (nSPS) is 12.0. The predicted molar refractivity (Wildman–Crippen MR) is 63.7 cm³/mol. The van der Waals surface area contributed by atoms with Gasteiger partial charge in [-0.3, -0.25) is 20.2 Å². The number of hydrogen-bond donors (Lipinski definition) is 0. The lowest BCUT2D eigenvalue weighted by Gasteiger charge is -2.09. The minimum atomic E-state index is -0.743. The molecule has 0 saturated heterocycles. The lowest BCUT2D eigenvalue weighted by atomic mass is 10.3. The zero-order valence-corrected chi connectivity index (χ0v) is 11.9. The van der Waals surface area contributed by atoms with Gasteiger partial charge in [0.05, 0.1) is 22.0 Å². The number of benzene rings is 2. The van der Waals surface area contributed by atoms with Crippen molar-refractivity contribution in [3.05, 3.63) is 63.8 Å². The summed E-state index contributed by atoms with van der Waals surface area (Å²) >= 11 is -0.743. The second-order valence-electron chi connectivity index (χ2n) is 3.94. The van der Waals surface area contributed by atoms with Crippen molar-refractivity contribution in [1.29, 1.82) is 0 Å². The van der Waals surface area contributed by atoms with Gasteiger partial charge < -0.3 is 4.74 Å². The van der Waals surface area contributed by atoms with Gasteiger partial charge in [-0.1, -0.05) is 0 Å². The lowest BCUT2D eigenvalue weighted by Crippen LogP contribution is -3.61. The average Bonchev–Trinajstić information content (AvgIpc) is 2.43. The van der Waals surface area contributed by atoms with Crippen LogP contribution < -0.4 is 25.9 Å². The number of nitro benzene ring substituents is 2. The summed E-state index contributed by atoms with van der Waals surface area (Å²) in [6, 6.07) is 8.86. The number of non-ortho nitro benzene ring substituents is 2. The number of fused-ring (bicyclic) bond motifs is 2. The van der Waals surface area contributed by atoms with Gasteiger partial charge in [-0.2, -0.15) is 0 Å². The van der Waals surface area contributed by atoms with Crippen molar-refractivity contribution < 1.29 is 35.8 Å². The molecule has 0 aliphatic carbocycles. The molecule has 1 heterocycles. The quantitative estimate of drug-likeness (QED) is 0.344. The van der Waals surface area contributed by atoms with E-state index in [9.17, 15) is 20.2 Å². The Labute approximate surface area is 122 Å². The summed E-state index contributed by atoms with van der Waals surface area (Å²) in [5.41, 5.74) is 0.00172. The van der Waals surface area contributed by atoms with Gasteiger partial charge in [0.2, 0.25) is 7.14 Å². The van der Waals surface area contributed by atoms with Crippen LogP contribution in [0.25, 0.3) is 0 Å². The highest BCUT2D eigenvalue weighted by Crippen LogP contribution is 2.28. The summed E-state index contributed by atoms with van der Waals surface area (Å²) in [6.07, 6.45) is 0. The number of hydrogen-bond acceptors (Lipinski definition) is 5. The maximum absolute atomic E-state index is 10.8. The van der Waals surface area contributed by atoms with E-state index in [1.54, 1.807) is 12.1 Å². The highest BCUT2D eigenvalue weighted by atomic mass is 127. The van der Waals surface area contributed by atoms with Gasteiger partial charge in [0.1, 0.15) is 0 Å². The molecule has 0 unspecified atom stereocenters. The van der Waals surface area contributed by atoms with E-state index in [0.717, 1.165) is 7.14 Å². The molecule has 0 spiro atoms. The number of nitro groups is 2. The van der Waals surface area contributed by atoms with Crippen LogP contribution in [0.4, 0.5) is 11.4 Å². The highest BCUT2D eigenvalue weighted by molar-refractivity contribution is 5.42. The molecule has 0 fully saturated rings. The van der Waals surface area contributed by atoms with E-state index in [-0.39, 0.29) is 11.4 Å². The lowest BCUT2D eigenvalue weighted by molar-refractivity contribution is -0.603. The van der Waals surface area contributed by atoms with Gasteiger partial charge in [-0.15, -0.1) is 0 Å². The van der Waals surface area contributed by atoms with Crippen LogP contribution in [0.1, 0.15) is 0 Å². The topological polar surface area (TPSA) is 95.5 Å². The van der Waals surface area contributed by atoms with Gasteiger partial charge in [0, 0.05) is 12.1 Å². The molecular formula is C12H6IN2O5+. The van der Waals surface area contributed by atoms with Crippen LogP contribution in [0.5, 0.6) is 11.5 Å². The summed E-state index contributed by atoms with van der Waals surface area (Å²) in [6.45, 7) is 0. The zero-order chi connectivity index (χ0) is 14.3. The van der Waals surface area contributed by atoms with E-state index >= 15 is 0 Å². The molecule has 2 aromatic carbocycles. The number of ether oxygens (including phenoxy) is 1. The standard InChI is InChI=1S/C12H6IN2O5/c16-14(17)7-1-3-11-9(5-7)13-10-6-8(15(18)19)2-4-12(10)20-11/h1-6H/q+1. The van der Waals surface area contributed by atoms with E-state index in [4.69, 9.17) is 4.74 Å². The van der Waals surface area contributed by atoms with Crippen molar-refractivity contribution >= 4 is 11.4 Å². The Kier molecular flexibility index (Phi) is 3.01. The molecule has 20 heavy (non-hydrogen) atoms. The molecular weight excluding hydrogens is 379 g/mol. The molecule has 1 aliphatic heterocycles.